The van der Waals surface area contributed by atoms with Gasteiger partial charge in [0.05, 0.1) is 31.9 Å². The van der Waals surface area contributed by atoms with Crippen LogP contribution < -0.4 is 20.1 Å². The van der Waals surface area contributed by atoms with E-state index in [1.807, 2.05) is 26.0 Å². The Morgan fingerprint density at radius 3 is 2.55 bits per heavy atom. The van der Waals surface area contributed by atoms with Gasteiger partial charge in [0.2, 0.25) is 0 Å². The molecule has 160 valence electrons. The first kappa shape index (κ1) is 22.6. The van der Waals surface area contributed by atoms with Crippen LogP contribution in [-0.4, -0.2) is 32.3 Å². The Morgan fingerprint density at radius 2 is 1.93 bits per heavy atom. The quantitative estimate of drug-likeness (QED) is 0.453. The molecule has 0 fully saturated rings. The minimum atomic E-state index is -0.636. The summed E-state index contributed by atoms with van der Waals surface area (Å²) in [5.41, 5.74) is 1.69. The SMILES string of the molecule is CCCCCOc1ccc(C2NC(=O)NC(C(C)C)=C2C(=O)OCC)cc1OC. The zero-order valence-corrected chi connectivity index (χ0v) is 18.0. The predicted molar refractivity (Wildman–Crippen MR) is 111 cm³/mol. The molecule has 0 radical (unpaired) electrons. The molecule has 7 nitrogen and oxygen atoms in total. The van der Waals surface area contributed by atoms with Crippen LogP contribution in [0.15, 0.2) is 29.5 Å². The van der Waals surface area contributed by atoms with Crippen LogP contribution in [-0.2, 0) is 9.53 Å². The third-order valence-electron chi connectivity index (χ3n) is 4.70. The summed E-state index contributed by atoms with van der Waals surface area (Å²) in [6, 6.07) is 4.45. The molecular formula is C22H32N2O5. The van der Waals surface area contributed by atoms with Gasteiger partial charge in [-0.05, 0) is 37.0 Å². The minimum Gasteiger partial charge on any atom is -0.493 e. The number of carbonyl (C=O) groups excluding carboxylic acids is 2. The van der Waals surface area contributed by atoms with Gasteiger partial charge in [-0.2, -0.15) is 0 Å². The van der Waals surface area contributed by atoms with Gasteiger partial charge in [-0.1, -0.05) is 39.7 Å². The summed E-state index contributed by atoms with van der Waals surface area (Å²) in [4.78, 5) is 24.9. The number of benzene rings is 1. The molecule has 7 heteroatoms. The maximum Gasteiger partial charge on any atom is 0.338 e. The minimum absolute atomic E-state index is 0.0500. The van der Waals surface area contributed by atoms with E-state index in [-0.39, 0.29) is 18.6 Å². The second-order valence-electron chi connectivity index (χ2n) is 7.20. The molecule has 1 aliphatic rings. The van der Waals surface area contributed by atoms with Gasteiger partial charge >= 0.3 is 12.0 Å². The summed E-state index contributed by atoms with van der Waals surface area (Å²) in [5.74, 6) is 0.693. The van der Waals surface area contributed by atoms with Crippen molar-refractivity contribution in [1.29, 1.82) is 0 Å². The maximum atomic E-state index is 12.7. The normalized spacial score (nSPS) is 16.3. The van der Waals surface area contributed by atoms with Crippen LogP contribution in [0.3, 0.4) is 0 Å². The number of carbonyl (C=O) groups is 2. The lowest BCUT2D eigenvalue weighted by Gasteiger charge is -2.31. The van der Waals surface area contributed by atoms with Gasteiger partial charge in [0.1, 0.15) is 0 Å². The lowest BCUT2D eigenvalue weighted by atomic mass is 9.91. The lowest BCUT2D eigenvalue weighted by Crippen LogP contribution is -2.47. The van der Waals surface area contributed by atoms with Gasteiger partial charge in [-0.25, -0.2) is 9.59 Å². The molecule has 1 atom stereocenters. The number of unbranched alkanes of at least 4 members (excludes halogenated alkanes) is 2. The van der Waals surface area contributed by atoms with E-state index in [0.29, 0.717) is 29.4 Å². The second-order valence-corrected chi connectivity index (χ2v) is 7.20. The molecule has 1 aliphatic heterocycles. The first-order valence-electron chi connectivity index (χ1n) is 10.2. The van der Waals surface area contributed by atoms with E-state index in [4.69, 9.17) is 14.2 Å². The Morgan fingerprint density at radius 1 is 1.17 bits per heavy atom. The molecule has 2 N–H and O–H groups in total. The number of amides is 2. The van der Waals surface area contributed by atoms with E-state index in [1.54, 1.807) is 20.1 Å². The van der Waals surface area contributed by atoms with Crippen molar-refractivity contribution in [2.45, 2.75) is 53.0 Å². The average Bonchev–Trinajstić information content (AvgIpc) is 2.70. The molecule has 1 aromatic carbocycles. The topological polar surface area (TPSA) is 85.9 Å². The largest absolute Gasteiger partial charge is 0.493 e. The Labute approximate surface area is 172 Å². The summed E-state index contributed by atoms with van der Waals surface area (Å²) in [5, 5.41) is 5.59. The van der Waals surface area contributed by atoms with Crippen molar-refractivity contribution in [1.82, 2.24) is 10.6 Å². The summed E-state index contributed by atoms with van der Waals surface area (Å²) in [7, 11) is 1.57. The molecule has 0 saturated carbocycles. The van der Waals surface area contributed by atoms with Crippen molar-refractivity contribution in [2.75, 3.05) is 20.3 Å². The molecule has 1 heterocycles. The summed E-state index contributed by atoms with van der Waals surface area (Å²) in [6.45, 7) is 8.60. The number of ether oxygens (including phenoxy) is 3. The zero-order valence-electron chi connectivity index (χ0n) is 18.0. The fourth-order valence-corrected chi connectivity index (χ4v) is 3.24. The number of esters is 1. The van der Waals surface area contributed by atoms with E-state index < -0.39 is 12.0 Å². The maximum absolute atomic E-state index is 12.7. The molecule has 1 unspecified atom stereocenters. The molecule has 1 aromatic rings. The zero-order chi connectivity index (χ0) is 21.4. The highest BCUT2D eigenvalue weighted by molar-refractivity contribution is 5.95. The Hall–Kier alpha value is -2.70. The fourth-order valence-electron chi connectivity index (χ4n) is 3.24. The lowest BCUT2D eigenvalue weighted by molar-refractivity contribution is -0.139. The highest BCUT2D eigenvalue weighted by Gasteiger charge is 2.35. The predicted octanol–water partition coefficient (Wildman–Crippen LogP) is 4.09. The van der Waals surface area contributed by atoms with Crippen LogP contribution in [0.5, 0.6) is 11.5 Å². The van der Waals surface area contributed by atoms with Crippen LogP contribution in [0.25, 0.3) is 0 Å². The molecule has 29 heavy (non-hydrogen) atoms. The highest BCUT2D eigenvalue weighted by atomic mass is 16.5. The van der Waals surface area contributed by atoms with Gasteiger partial charge in [0.15, 0.2) is 11.5 Å². The Balaban J connectivity index is 2.39. The number of hydrogen-bond donors (Lipinski definition) is 2. The van der Waals surface area contributed by atoms with Crippen LogP contribution in [0.4, 0.5) is 4.79 Å². The van der Waals surface area contributed by atoms with E-state index in [1.165, 1.54) is 0 Å². The van der Waals surface area contributed by atoms with Crippen LogP contribution in [0.1, 0.15) is 58.6 Å². The molecule has 0 bridgehead atoms. The molecular weight excluding hydrogens is 372 g/mol. The van der Waals surface area contributed by atoms with Crippen molar-refractivity contribution >= 4 is 12.0 Å². The van der Waals surface area contributed by atoms with Crippen LogP contribution in [0.2, 0.25) is 0 Å². The Kier molecular flexibility index (Phi) is 8.36. The van der Waals surface area contributed by atoms with Crippen molar-refractivity contribution in [3.8, 4) is 11.5 Å². The summed E-state index contributed by atoms with van der Waals surface area (Å²) >= 11 is 0. The van der Waals surface area contributed by atoms with Crippen molar-refractivity contribution < 1.29 is 23.8 Å². The number of nitrogens with one attached hydrogen (secondary N) is 2. The second kappa shape index (κ2) is 10.7. The number of allylic oxidation sites excluding steroid dienone is 1. The third kappa shape index (κ3) is 5.65. The van der Waals surface area contributed by atoms with Crippen molar-refractivity contribution in [2.24, 2.45) is 5.92 Å². The smallest absolute Gasteiger partial charge is 0.338 e. The fraction of sp³-hybridized carbons (Fsp3) is 0.545. The highest BCUT2D eigenvalue weighted by Crippen LogP contribution is 2.35. The van der Waals surface area contributed by atoms with Gasteiger partial charge in [-0.15, -0.1) is 0 Å². The van der Waals surface area contributed by atoms with Crippen LogP contribution in [0, 0.1) is 5.92 Å². The van der Waals surface area contributed by atoms with E-state index in [0.717, 1.165) is 24.8 Å². The summed E-state index contributed by atoms with van der Waals surface area (Å²) in [6.07, 6.45) is 3.20. The van der Waals surface area contributed by atoms with E-state index in [2.05, 4.69) is 17.6 Å². The number of hydrogen-bond acceptors (Lipinski definition) is 5. The van der Waals surface area contributed by atoms with Gasteiger partial charge in [-0.3, -0.25) is 0 Å². The van der Waals surface area contributed by atoms with Gasteiger partial charge < -0.3 is 24.8 Å². The molecule has 0 aliphatic carbocycles. The van der Waals surface area contributed by atoms with Gasteiger partial charge in [0.25, 0.3) is 0 Å². The first-order valence-corrected chi connectivity index (χ1v) is 10.2. The number of rotatable bonds is 10. The van der Waals surface area contributed by atoms with Crippen molar-refractivity contribution in [3.05, 3.63) is 35.0 Å². The molecule has 2 rings (SSSR count). The van der Waals surface area contributed by atoms with E-state index in [9.17, 15) is 9.59 Å². The van der Waals surface area contributed by atoms with E-state index >= 15 is 0 Å². The Bertz CT molecular complexity index is 758. The van der Waals surface area contributed by atoms with Gasteiger partial charge in [0, 0.05) is 5.70 Å². The first-order chi connectivity index (χ1) is 13.9. The number of urea groups is 1. The van der Waals surface area contributed by atoms with Crippen LogP contribution >= 0.6 is 0 Å². The summed E-state index contributed by atoms with van der Waals surface area (Å²) < 4.78 is 16.6. The third-order valence-corrected chi connectivity index (χ3v) is 4.70. The standard InChI is InChI=1S/C22H32N2O5/c1-6-8-9-12-29-16-11-10-15(13-17(16)27-5)20-18(21(25)28-7-2)19(14(3)4)23-22(26)24-20/h10-11,13-14,20H,6-9,12H2,1-5H3,(H2,23,24,26). The average molecular weight is 405 g/mol. The molecule has 0 saturated heterocycles. The van der Waals surface area contributed by atoms with Crippen molar-refractivity contribution in [3.63, 3.8) is 0 Å². The monoisotopic (exact) mass is 404 g/mol. The molecule has 0 aromatic heterocycles. The molecule has 0 spiro atoms. The number of methoxy groups -OCH3 is 1. The molecule has 2 amide bonds.